The molecule has 0 radical (unpaired) electrons. The maximum Gasteiger partial charge on any atom is 0.422 e. The zero-order chi connectivity index (χ0) is 19.9. The number of piperidine rings is 1. The Morgan fingerprint density at radius 2 is 2.07 bits per heavy atom. The van der Waals surface area contributed by atoms with E-state index in [4.69, 9.17) is 4.74 Å². The normalized spacial score (nSPS) is 15.6. The van der Waals surface area contributed by atoms with Crippen LogP contribution < -0.4 is 10.1 Å². The van der Waals surface area contributed by atoms with Crippen LogP contribution in [0.1, 0.15) is 18.4 Å². The minimum atomic E-state index is -4.41. The molecule has 0 amide bonds. The number of aliphatic imine (C=N–C) groups is 1. The molecule has 1 aliphatic heterocycles. The van der Waals surface area contributed by atoms with E-state index in [2.05, 4.69) is 20.0 Å². The molecule has 2 heterocycles. The highest BCUT2D eigenvalue weighted by Crippen LogP contribution is 2.19. The summed E-state index contributed by atoms with van der Waals surface area (Å²) in [4.78, 5) is 21.6. The van der Waals surface area contributed by atoms with Crippen molar-refractivity contribution < 1.29 is 27.4 Å². The SMILES string of the molecule is CN=C(NCc1ccnc(OCC(F)(F)F)c1)N1CCC(C(=O)OC)CC1.I. The second-order valence-electron chi connectivity index (χ2n) is 6.09. The van der Waals surface area contributed by atoms with Gasteiger partial charge in [0.05, 0.1) is 13.0 Å². The number of rotatable bonds is 5. The first-order valence-electron chi connectivity index (χ1n) is 8.50. The fourth-order valence-corrected chi connectivity index (χ4v) is 2.80. The third kappa shape index (κ3) is 7.68. The third-order valence-corrected chi connectivity index (χ3v) is 4.17. The highest BCUT2D eigenvalue weighted by atomic mass is 127. The number of aromatic nitrogens is 1. The van der Waals surface area contributed by atoms with Gasteiger partial charge in [0.25, 0.3) is 0 Å². The van der Waals surface area contributed by atoms with E-state index in [1.165, 1.54) is 19.4 Å². The number of guanidine groups is 1. The summed E-state index contributed by atoms with van der Waals surface area (Å²) < 4.78 is 46.1. The van der Waals surface area contributed by atoms with Gasteiger partial charge in [-0.05, 0) is 24.5 Å². The van der Waals surface area contributed by atoms with Gasteiger partial charge in [-0.1, -0.05) is 0 Å². The van der Waals surface area contributed by atoms with E-state index >= 15 is 0 Å². The molecule has 0 spiro atoms. The smallest absolute Gasteiger partial charge is 0.422 e. The fraction of sp³-hybridized carbons (Fsp3) is 0.588. The molecule has 158 valence electrons. The molecule has 0 bridgehead atoms. The molecule has 28 heavy (non-hydrogen) atoms. The second-order valence-corrected chi connectivity index (χ2v) is 6.09. The summed E-state index contributed by atoms with van der Waals surface area (Å²) in [6.07, 6.45) is -1.66. The number of carbonyl (C=O) groups excluding carboxylic acids is 1. The number of esters is 1. The highest BCUT2D eigenvalue weighted by molar-refractivity contribution is 14.0. The van der Waals surface area contributed by atoms with Gasteiger partial charge in [0.15, 0.2) is 12.6 Å². The Bertz CT molecular complexity index is 665. The van der Waals surface area contributed by atoms with Crippen LogP contribution in [0.5, 0.6) is 5.88 Å². The van der Waals surface area contributed by atoms with Crippen LogP contribution in [0.2, 0.25) is 0 Å². The number of ether oxygens (including phenoxy) is 2. The van der Waals surface area contributed by atoms with E-state index in [9.17, 15) is 18.0 Å². The average molecular weight is 516 g/mol. The number of likely N-dealkylation sites (tertiary alicyclic amines) is 1. The lowest BCUT2D eigenvalue weighted by molar-refractivity contribution is -0.154. The van der Waals surface area contributed by atoms with Gasteiger partial charge in [-0.3, -0.25) is 9.79 Å². The van der Waals surface area contributed by atoms with Crippen LogP contribution in [-0.2, 0) is 16.1 Å². The van der Waals surface area contributed by atoms with Crippen molar-refractivity contribution in [3.8, 4) is 5.88 Å². The number of nitrogens with zero attached hydrogens (tertiary/aromatic N) is 3. The van der Waals surface area contributed by atoms with Gasteiger partial charge in [0, 0.05) is 38.9 Å². The van der Waals surface area contributed by atoms with Crippen molar-refractivity contribution in [2.24, 2.45) is 10.9 Å². The Kier molecular flexibility index (Phi) is 9.76. The molecule has 1 saturated heterocycles. The molecule has 1 aromatic rings. The van der Waals surface area contributed by atoms with E-state index in [1.54, 1.807) is 13.1 Å². The molecule has 7 nitrogen and oxygen atoms in total. The van der Waals surface area contributed by atoms with E-state index in [0.717, 1.165) is 0 Å². The first-order valence-corrected chi connectivity index (χ1v) is 8.50. The van der Waals surface area contributed by atoms with Crippen LogP contribution >= 0.6 is 24.0 Å². The summed E-state index contributed by atoms with van der Waals surface area (Å²) in [5.74, 6) is 0.284. The van der Waals surface area contributed by atoms with Crippen molar-refractivity contribution in [2.45, 2.75) is 25.6 Å². The summed E-state index contributed by atoms with van der Waals surface area (Å²) in [5, 5.41) is 3.17. The Balaban J connectivity index is 0.00000392. The largest absolute Gasteiger partial charge is 0.469 e. The van der Waals surface area contributed by atoms with Crippen molar-refractivity contribution in [3.63, 3.8) is 0 Å². The molecule has 0 unspecified atom stereocenters. The van der Waals surface area contributed by atoms with Crippen LogP contribution in [0.15, 0.2) is 23.3 Å². The predicted molar refractivity (Wildman–Crippen MR) is 108 cm³/mol. The lowest BCUT2D eigenvalue weighted by Gasteiger charge is -2.33. The summed E-state index contributed by atoms with van der Waals surface area (Å²) in [5.41, 5.74) is 0.716. The number of carbonyl (C=O) groups is 1. The number of hydrogen-bond acceptors (Lipinski definition) is 5. The average Bonchev–Trinajstić information content (AvgIpc) is 2.66. The van der Waals surface area contributed by atoms with Crippen molar-refractivity contribution in [2.75, 3.05) is 33.9 Å². The van der Waals surface area contributed by atoms with Gasteiger partial charge >= 0.3 is 12.1 Å². The van der Waals surface area contributed by atoms with Crippen molar-refractivity contribution in [3.05, 3.63) is 23.9 Å². The highest BCUT2D eigenvalue weighted by Gasteiger charge is 2.29. The van der Waals surface area contributed by atoms with Gasteiger partial charge in [0.2, 0.25) is 5.88 Å². The van der Waals surface area contributed by atoms with Gasteiger partial charge in [-0.15, -0.1) is 24.0 Å². The van der Waals surface area contributed by atoms with Crippen molar-refractivity contribution >= 4 is 35.9 Å². The molecule has 1 aliphatic rings. The molecular formula is C17H24F3IN4O3. The topological polar surface area (TPSA) is 76.1 Å². The van der Waals surface area contributed by atoms with Crippen LogP contribution in [0.3, 0.4) is 0 Å². The second kappa shape index (κ2) is 11.3. The van der Waals surface area contributed by atoms with E-state index in [0.29, 0.717) is 44.0 Å². The number of hydrogen-bond donors (Lipinski definition) is 1. The lowest BCUT2D eigenvalue weighted by Crippen LogP contribution is -2.46. The van der Waals surface area contributed by atoms with Gasteiger partial charge in [-0.25, -0.2) is 4.98 Å². The number of nitrogens with one attached hydrogen (secondary N) is 1. The molecule has 0 aromatic carbocycles. The molecule has 1 N–H and O–H groups in total. The summed E-state index contributed by atoms with van der Waals surface area (Å²) in [6.45, 7) is 0.299. The van der Waals surface area contributed by atoms with E-state index < -0.39 is 12.8 Å². The molecule has 0 atom stereocenters. The fourth-order valence-electron chi connectivity index (χ4n) is 2.80. The number of pyridine rings is 1. The first kappa shape index (κ1) is 24.2. The molecule has 1 aromatic heterocycles. The molecular weight excluding hydrogens is 492 g/mol. The number of methoxy groups -OCH3 is 1. The number of halogens is 4. The minimum Gasteiger partial charge on any atom is -0.469 e. The Morgan fingerprint density at radius 3 is 2.64 bits per heavy atom. The standard InChI is InChI=1S/C17H23F3N4O3.HI/c1-21-16(24-7-4-13(5-8-24)15(25)26-2)23-10-12-3-6-22-14(9-12)27-11-17(18,19)20;/h3,6,9,13H,4-5,7-8,10-11H2,1-2H3,(H,21,23);1H. The maximum absolute atomic E-state index is 12.2. The van der Waals surface area contributed by atoms with Crippen molar-refractivity contribution in [1.29, 1.82) is 0 Å². The number of alkyl halides is 3. The molecule has 0 saturated carbocycles. The monoisotopic (exact) mass is 516 g/mol. The van der Waals surface area contributed by atoms with Gasteiger partial charge in [0.1, 0.15) is 0 Å². The van der Waals surface area contributed by atoms with Crippen LogP contribution in [-0.4, -0.2) is 61.8 Å². The quantitative estimate of drug-likeness (QED) is 0.281. The first-order chi connectivity index (χ1) is 12.8. The Morgan fingerprint density at radius 1 is 1.39 bits per heavy atom. The molecule has 0 aliphatic carbocycles. The van der Waals surface area contributed by atoms with E-state index in [1.807, 2.05) is 4.90 Å². The lowest BCUT2D eigenvalue weighted by atomic mass is 9.97. The summed E-state index contributed by atoms with van der Waals surface area (Å²) in [7, 11) is 3.04. The third-order valence-electron chi connectivity index (χ3n) is 4.17. The van der Waals surface area contributed by atoms with Crippen molar-refractivity contribution in [1.82, 2.24) is 15.2 Å². The maximum atomic E-state index is 12.2. The summed E-state index contributed by atoms with van der Waals surface area (Å²) in [6, 6.07) is 3.14. The predicted octanol–water partition coefficient (Wildman–Crippen LogP) is 2.60. The minimum absolute atomic E-state index is 0. The Hall–Kier alpha value is -1.79. The zero-order valence-corrected chi connectivity index (χ0v) is 18.0. The zero-order valence-electron chi connectivity index (χ0n) is 15.7. The van der Waals surface area contributed by atoms with Crippen LogP contribution in [0.25, 0.3) is 0 Å². The summed E-state index contributed by atoms with van der Waals surface area (Å²) >= 11 is 0. The molecule has 1 fully saturated rings. The van der Waals surface area contributed by atoms with Gasteiger partial charge in [-0.2, -0.15) is 13.2 Å². The van der Waals surface area contributed by atoms with Gasteiger partial charge < -0.3 is 19.7 Å². The van der Waals surface area contributed by atoms with Crippen LogP contribution in [0.4, 0.5) is 13.2 Å². The van der Waals surface area contributed by atoms with E-state index in [-0.39, 0.29) is 41.7 Å². The molecule has 2 rings (SSSR count). The van der Waals surface area contributed by atoms with Crippen LogP contribution in [0, 0.1) is 5.92 Å². The molecule has 11 heteroatoms. The Labute approximate surface area is 178 Å².